The van der Waals surface area contributed by atoms with Crippen molar-refractivity contribution in [1.29, 1.82) is 0 Å². The van der Waals surface area contributed by atoms with Gasteiger partial charge >= 0.3 is 0 Å². The van der Waals surface area contributed by atoms with Crippen molar-refractivity contribution in [2.24, 2.45) is 0 Å². The Morgan fingerprint density at radius 3 is 2.27 bits per heavy atom. The second kappa shape index (κ2) is 16.1. The van der Waals surface area contributed by atoms with Gasteiger partial charge < -0.3 is 19.1 Å². The summed E-state index contributed by atoms with van der Waals surface area (Å²) in [4.78, 5) is -0.489. The molecule has 1 N–H and O–H groups in total. The Morgan fingerprint density at radius 2 is 1.55 bits per heavy atom. The van der Waals surface area contributed by atoms with Crippen LogP contribution in [0.3, 0.4) is 0 Å². The van der Waals surface area contributed by atoms with Crippen LogP contribution in [0.2, 0.25) is 0 Å². The van der Waals surface area contributed by atoms with Gasteiger partial charge in [0.05, 0.1) is 11.5 Å². The Labute approximate surface area is 239 Å². The minimum absolute atomic E-state index is 0.0874. The average Bonchev–Trinajstić information content (AvgIpc) is 2.94. The summed E-state index contributed by atoms with van der Waals surface area (Å²) in [5, 5.41) is 10.8. The zero-order valence-electron chi connectivity index (χ0n) is 23.4. The van der Waals surface area contributed by atoms with Gasteiger partial charge in [-0.2, -0.15) is 0 Å². The van der Waals surface area contributed by atoms with Gasteiger partial charge in [0.1, 0.15) is 33.5 Å². The lowest BCUT2D eigenvalue weighted by molar-refractivity contribution is 0.239. The Balaban J connectivity index is 1.74. The second-order valence-corrected chi connectivity index (χ2v) is 11.0. The standard InChI is InChI=1S/C33H40O6S/c1-3-5-6-7-8-9-10-11-12-13-21-31(34)30-20-15-14-19-29(30)26-22-23-32(33(24-26)40(35,36)37)39-28-18-16-17-27(25-28)38-4-2/h14-20,22-25,31,34H,3-12H2,1-2H3,(H,35,36,37)/p-1. The van der Waals surface area contributed by atoms with Crippen molar-refractivity contribution in [3.8, 4) is 40.2 Å². The van der Waals surface area contributed by atoms with Crippen LogP contribution in [0.25, 0.3) is 11.1 Å². The monoisotopic (exact) mass is 563 g/mol. The molecule has 0 amide bonds. The van der Waals surface area contributed by atoms with Crippen LogP contribution < -0.4 is 9.47 Å². The number of hydrogen-bond acceptors (Lipinski definition) is 6. The molecule has 3 aromatic rings. The lowest BCUT2D eigenvalue weighted by Crippen LogP contribution is -2.03. The summed E-state index contributed by atoms with van der Waals surface area (Å²) in [6.07, 6.45) is 9.41. The smallest absolute Gasteiger partial charge is 0.144 e. The molecule has 3 aromatic carbocycles. The molecule has 0 radical (unpaired) electrons. The molecule has 0 aliphatic heterocycles. The van der Waals surface area contributed by atoms with Gasteiger partial charge in [-0.1, -0.05) is 94.2 Å². The average molecular weight is 564 g/mol. The number of benzene rings is 3. The van der Waals surface area contributed by atoms with Gasteiger partial charge in [-0.15, -0.1) is 5.92 Å². The quantitative estimate of drug-likeness (QED) is 0.114. The molecule has 214 valence electrons. The van der Waals surface area contributed by atoms with Gasteiger partial charge in [-0.05, 0) is 48.7 Å². The first-order valence-electron chi connectivity index (χ1n) is 14.1. The molecule has 0 bridgehead atoms. The van der Waals surface area contributed by atoms with Gasteiger partial charge in [-0.3, -0.25) is 0 Å². The minimum atomic E-state index is -4.87. The maximum atomic E-state index is 12.2. The largest absolute Gasteiger partial charge is 0.744 e. The van der Waals surface area contributed by atoms with Crippen LogP contribution in [0.4, 0.5) is 0 Å². The SMILES string of the molecule is CCCCCCCCCCC#CC(O)c1ccccc1-c1ccc(Oc2cccc(OCC)c2)c(S(=O)(=O)[O-])c1. The first-order chi connectivity index (χ1) is 19.3. The molecule has 0 spiro atoms. The summed E-state index contributed by atoms with van der Waals surface area (Å²) in [6, 6.07) is 18.2. The third kappa shape index (κ3) is 9.71. The maximum Gasteiger partial charge on any atom is 0.144 e. The Hall–Kier alpha value is -3.31. The predicted octanol–water partition coefficient (Wildman–Crippen LogP) is 8.02. The van der Waals surface area contributed by atoms with E-state index in [2.05, 4.69) is 18.8 Å². The highest BCUT2D eigenvalue weighted by molar-refractivity contribution is 7.85. The molecule has 6 nitrogen and oxygen atoms in total. The molecule has 0 heterocycles. The van der Waals surface area contributed by atoms with E-state index in [-0.39, 0.29) is 5.75 Å². The molecule has 40 heavy (non-hydrogen) atoms. The highest BCUT2D eigenvalue weighted by Crippen LogP contribution is 2.36. The Morgan fingerprint density at radius 1 is 0.850 bits per heavy atom. The molecule has 1 unspecified atom stereocenters. The molecule has 1 atom stereocenters. The fourth-order valence-electron chi connectivity index (χ4n) is 4.47. The molecular formula is C33H39O6S-. The van der Waals surface area contributed by atoms with Crippen LogP contribution in [0.15, 0.2) is 71.6 Å². The summed E-state index contributed by atoms with van der Waals surface area (Å²) in [5.41, 5.74) is 1.59. The molecule has 0 aromatic heterocycles. The van der Waals surface area contributed by atoms with Crippen molar-refractivity contribution in [2.75, 3.05) is 6.61 Å². The zero-order chi connectivity index (χ0) is 28.8. The molecule has 3 rings (SSSR count). The number of ether oxygens (including phenoxy) is 2. The number of aliphatic hydroxyl groups excluding tert-OH is 1. The fraction of sp³-hybridized carbons (Fsp3) is 0.394. The third-order valence-electron chi connectivity index (χ3n) is 6.52. The molecule has 0 saturated heterocycles. The lowest BCUT2D eigenvalue weighted by atomic mass is 9.96. The zero-order valence-corrected chi connectivity index (χ0v) is 24.2. The van der Waals surface area contributed by atoms with Crippen molar-refractivity contribution in [1.82, 2.24) is 0 Å². The Bertz CT molecular complexity index is 1390. The van der Waals surface area contributed by atoms with Crippen molar-refractivity contribution >= 4 is 10.1 Å². The topological polar surface area (TPSA) is 95.9 Å². The fourth-order valence-corrected chi connectivity index (χ4v) is 5.10. The van der Waals surface area contributed by atoms with Crippen LogP contribution in [-0.2, 0) is 10.1 Å². The molecule has 0 saturated carbocycles. The van der Waals surface area contributed by atoms with Gasteiger partial charge in [-0.25, -0.2) is 8.42 Å². The molecule has 0 aliphatic carbocycles. The van der Waals surface area contributed by atoms with E-state index >= 15 is 0 Å². The first-order valence-corrected chi connectivity index (χ1v) is 15.5. The van der Waals surface area contributed by atoms with Gasteiger partial charge in [0, 0.05) is 18.1 Å². The highest BCUT2D eigenvalue weighted by Gasteiger charge is 2.17. The van der Waals surface area contributed by atoms with E-state index in [1.54, 1.807) is 54.6 Å². The van der Waals surface area contributed by atoms with E-state index in [1.807, 2.05) is 6.92 Å². The van der Waals surface area contributed by atoms with Crippen molar-refractivity contribution in [3.63, 3.8) is 0 Å². The Kier molecular flexibility index (Phi) is 12.5. The maximum absolute atomic E-state index is 12.2. The predicted molar refractivity (Wildman–Crippen MR) is 157 cm³/mol. The number of unbranched alkanes of at least 4 members (excludes halogenated alkanes) is 8. The van der Waals surface area contributed by atoms with Crippen molar-refractivity contribution in [2.45, 2.75) is 82.6 Å². The van der Waals surface area contributed by atoms with E-state index in [1.165, 1.54) is 50.7 Å². The number of aliphatic hydroxyl groups is 1. The summed E-state index contributed by atoms with van der Waals surface area (Å²) in [6.45, 7) is 4.54. The van der Waals surface area contributed by atoms with Crippen LogP contribution in [0.5, 0.6) is 17.2 Å². The van der Waals surface area contributed by atoms with Crippen LogP contribution >= 0.6 is 0 Å². The number of rotatable bonds is 15. The van der Waals surface area contributed by atoms with Crippen LogP contribution in [0, 0.1) is 11.8 Å². The third-order valence-corrected chi connectivity index (χ3v) is 7.38. The summed E-state index contributed by atoms with van der Waals surface area (Å²) in [7, 11) is -4.87. The van der Waals surface area contributed by atoms with E-state index in [0.717, 1.165) is 12.8 Å². The van der Waals surface area contributed by atoms with Crippen LogP contribution in [-0.4, -0.2) is 24.7 Å². The molecular weight excluding hydrogens is 524 g/mol. The molecule has 0 fully saturated rings. The van der Waals surface area contributed by atoms with Crippen molar-refractivity contribution < 1.29 is 27.6 Å². The van der Waals surface area contributed by atoms with Crippen molar-refractivity contribution in [3.05, 3.63) is 72.3 Å². The first kappa shape index (κ1) is 31.2. The normalized spacial score (nSPS) is 11.9. The van der Waals surface area contributed by atoms with Gasteiger partial charge in [0.15, 0.2) is 0 Å². The van der Waals surface area contributed by atoms with Gasteiger partial charge in [0.25, 0.3) is 0 Å². The molecule has 7 heteroatoms. The summed E-state index contributed by atoms with van der Waals surface area (Å²) >= 11 is 0. The lowest BCUT2D eigenvalue weighted by Gasteiger charge is -2.17. The highest BCUT2D eigenvalue weighted by atomic mass is 32.2. The van der Waals surface area contributed by atoms with E-state index in [9.17, 15) is 18.1 Å². The van der Waals surface area contributed by atoms with Crippen LogP contribution in [0.1, 0.15) is 83.3 Å². The van der Waals surface area contributed by atoms with Gasteiger partial charge in [0.2, 0.25) is 0 Å². The van der Waals surface area contributed by atoms with E-state index in [0.29, 0.717) is 41.2 Å². The summed E-state index contributed by atoms with van der Waals surface area (Å²) < 4.78 is 47.8. The van der Waals surface area contributed by atoms with E-state index in [4.69, 9.17) is 9.47 Å². The van der Waals surface area contributed by atoms with E-state index < -0.39 is 21.1 Å². The second-order valence-electron chi connectivity index (χ2n) is 9.66. The molecule has 0 aliphatic rings. The minimum Gasteiger partial charge on any atom is -0.744 e. The number of hydrogen-bond donors (Lipinski definition) is 1. The summed E-state index contributed by atoms with van der Waals surface area (Å²) in [5.74, 6) is 6.82.